The van der Waals surface area contributed by atoms with Gasteiger partial charge in [0.25, 0.3) is 10.0 Å². The minimum Gasteiger partial charge on any atom is -0.488 e. The smallest absolute Gasteiger partial charge is 0.421 e. The Labute approximate surface area is 264 Å². The number of nitrogens with one attached hydrogen (secondary N) is 1. The minimum absolute atomic E-state index is 0.0450. The van der Waals surface area contributed by atoms with Crippen LogP contribution in [0, 0.1) is 52.3 Å². The van der Waals surface area contributed by atoms with Gasteiger partial charge in [-0.15, -0.1) is 0 Å². The summed E-state index contributed by atoms with van der Waals surface area (Å²) in [4.78, 5) is 25.3. The van der Waals surface area contributed by atoms with Crippen LogP contribution in [0.4, 0.5) is 4.79 Å². The van der Waals surface area contributed by atoms with E-state index < -0.39 is 16.1 Å². The molecule has 0 radical (unpaired) electrons. The average Bonchev–Trinajstić information content (AvgIpc) is 3.32. The number of aryl methyl sites for hydroxylation is 1. The summed E-state index contributed by atoms with van der Waals surface area (Å²) in [6.45, 7) is 13.7. The van der Waals surface area contributed by atoms with Crippen molar-refractivity contribution in [2.24, 2.45) is 52.3 Å². The average molecular weight is 628 g/mol. The molecule has 0 saturated heterocycles. The topological polar surface area (TPSA) is 98.8 Å². The van der Waals surface area contributed by atoms with Crippen LogP contribution in [-0.4, -0.2) is 32.5 Å². The van der Waals surface area contributed by atoms with Crippen molar-refractivity contribution in [3.05, 3.63) is 23.8 Å². The standard InChI is InChI=1S/C36H53NO6S/c1-7-23-19-27-29-10-9-28(35(29,5)17-14-30(27)36(6)16-13-25(38)20-31(23)36)22(2)21-42-33(39)37-44(40,41)26-8-11-32-24(18-26)12-15-34(3,4)43-32/h8,11,18,22-23,27-31H,7,9-10,12-17,19-21H2,1-6H3,(H,37,39)/t22-,23+,27+,28?,29+,30+,31+,35-,36-/m1/s1. The number of hydrogen-bond acceptors (Lipinski definition) is 6. The minimum atomic E-state index is -4.06. The Bertz CT molecular complexity index is 1400. The van der Waals surface area contributed by atoms with E-state index in [4.69, 9.17) is 9.47 Å². The molecule has 1 amide bonds. The Morgan fingerprint density at radius 3 is 2.52 bits per heavy atom. The van der Waals surface area contributed by atoms with Crippen molar-refractivity contribution in [1.29, 1.82) is 0 Å². The number of ether oxygens (including phenoxy) is 2. The number of benzene rings is 1. The first-order valence-electron chi connectivity index (χ1n) is 17.2. The number of fused-ring (bicyclic) bond motifs is 6. The molecule has 1 N–H and O–H groups in total. The number of amides is 1. The molecule has 8 heteroatoms. The van der Waals surface area contributed by atoms with E-state index in [9.17, 15) is 18.0 Å². The van der Waals surface area contributed by atoms with Crippen LogP contribution in [0.25, 0.3) is 0 Å². The van der Waals surface area contributed by atoms with Crippen LogP contribution in [0.3, 0.4) is 0 Å². The third-order valence-electron chi connectivity index (χ3n) is 13.4. The number of rotatable bonds is 6. The van der Waals surface area contributed by atoms with Crippen LogP contribution in [0.5, 0.6) is 5.75 Å². The first-order chi connectivity index (χ1) is 20.7. The van der Waals surface area contributed by atoms with Crippen molar-refractivity contribution in [3.63, 3.8) is 0 Å². The molecule has 7 nitrogen and oxygen atoms in total. The Hall–Kier alpha value is -2.09. The Morgan fingerprint density at radius 1 is 1.02 bits per heavy atom. The molecule has 0 aromatic heterocycles. The van der Waals surface area contributed by atoms with E-state index in [1.807, 2.05) is 13.8 Å². The highest BCUT2D eigenvalue weighted by atomic mass is 32.2. The second kappa shape index (κ2) is 11.3. The summed E-state index contributed by atoms with van der Waals surface area (Å²) in [7, 11) is -4.06. The number of sulfonamides is 1. The van der Waals surface area contributed by atoms with Crippen LogP contribution in [-0.2, 0) is 26.0 Å². The lowest BCUT2D eigenvalue weighted by atomic mass is 9.42. The van der Waals surface area contributed by atoms with E-state index >= 15 is 0 Å². The van der Waals surface area contributed by atoms with E-state index in [0.717, 1.165) is 50.5 Å². The van der Waals surface area contributed by atoms with Gasteiger partial charge >= 0.3 is 6.09 Å². The molecule has 1 heterocycles. The highest BCUT2D eigenvalue weighted by Gasteiger charge is 2.62. The van der Waals surface area contributed by atoms with Gasteiger partial charge in [0.05, 0.1) is 11.5 Å². The fourth-order valence-electron chi connectivity index (χ4n) is 11.0. The molecule has 4 aliphatic carbocycles. The fraction of sp³-hybridized carbons (Fsp3) is 0.778. The molecule has 4 fully saturated rings. The van der Waals surface area contributed by atoms with Gasteiger partial charge in [-0.1, -0.05) is 34.1 Å². The predicted molar refractivity (Wildman–Crippen MR) is 170 cm³/mol. The van der Waals surface area contributed by atoms with Crippen LogP contribution in [0.1, 0.15) is 111 Å². The molecule has 0 bridgehead atoms. The van der Waals surface area contributed by atoms with Crippen LogP contribution in [0.2, 0.25) is 0 Å². The van der Waals surface area contributed by atoms with Gasteiger partial charge in [0.15, 0.2) is 0 Å². The summed E-state index contributed by atoms with van der Waals surface area (Å²) in [6, 6.07) is 4.75. The van der Waals surface area contributed by atoms with Gasteiger partial charge < -0.3 is 9.47 Å². The molecule has 1 aliphatic heterocycles. The zero-order chi connectivity index (χ0) is 31.7. The number of hydrogen-bond donors (Lipinski definition) is 1. The van der Waals surface area contributed by atoms with Gasteiger partial charge in [-0.3, -0.25) is 4.79 Å². The lowest BCUT2D eigenvalue weighted by Crippen LogP contribution is -2.56. The molecule has 44 heavy (non-hydrogen) atoms. The van der Waals surface area contributed by atoms with Crippen molar-refractivity contribution >= 4 is 21.9 Å². The summed E-state index contributed by atoms with van der Waals surface area (Å²) in [5.41, 5.74) is 1.02. The lowest BCUT2D eigenvalue weighted by Gasteiger charge is -2.62. The first kappa shape index (κ1) is 31.9. The van der Waals surface area contributed by atoms with Crippen molar-refractivity contribution in [3.8, 4) is 5.75 Å². The highest BCUT2D eigenvalue weighted by Crippen LogP contribution is 2.69. The summed E-state index contributed by atoms with van der Waals surface area (Å²) in [5, 5.41) is 0. The van der Waals surface area contributed by atoms with Crippen molar-refractivity contribution in [2.45, 2.75) is 123 Å². The number of carbonyl (C=O) groups is 2. The Balaban J connectivity index is 1.08. The van der Waals surface area contributed by atoms with Crippen molar-refractivity contribution in [1.82, 2.24) is 4.72 Å². The van der Waals surface area contributed by atoms with Gasteiger partial charge in [-0.25, -0.2) is 17.9 Å². The van der Waals surface area contributed by atoms with Gasteiger partial charge in [-0.05, 0) is 141 Å². The lowest BCUT2D eigenvalue weighted by molar-refractivity contribution is -0.152. The molecule has 0 spiro atoms. The molecular weight excluding hydrogens is 574 g/mol. The zero-order valence-electron chi connectivity index (χ0n) is 27.6. The first-order valence-corrected chi connectivity index (χ1v) is 18.7. The Kier molecular flexibility index (Phi) is 8.19. The van der Waals surface area contributed by atoms with E-state index in [2.05, 4.69) is 32.4 Å². The van der Waals surface area contributed by atoms with Crippen molar-refractivity contribution in [2.75, 3.05) is 6.61 Å². The molecule has 1 aromatic carbocycles. The highest BCUT2D eigenvalue weighted by molar-refractivity contribution is 7.90. The number of carbonyl (C=O) groups excluding carboxylic acids is 2. The van der Waals surface area contributed by atoms with E-state index in [1.165, 1.54) is 31.7 Å². The maximum atomic E-state index is 13.1. The molecule has 6 rings (SSSR count). The normalized spacial score (nSPS) is 38.3. The van der Waals surface area contributed by atoms with Crippen LogP contribution < -0.4 is 9.46 Å². The maximum absolute atomic E-state index is 13.1. The predicted octanol–water partition coefficient (Wildman–Crippen LogP) is 7.71. The second-order valence-electron chi connectivity index (χ2n) is 16.2. The molecule has 1 aromatic rings. The quantitative estimate of drug-likeness (QED) is 0.347. The third-order valence-corrected chi connectivity index (χ3v) is 14.7. The third kappa shape index (κ3) is 5.49. The Morgan fingerprint density at radius 2 is 1.77 bits per heavy atom. The maximum Gasteiger partial charge on any atom is 0.421 e. The van der Waals surface area contributed by atoms with Gasteiger partial charge in [0, 0.05) is 12.8 Å². The van der Waals surface area contributed by atoms with Crippen LogP contribution in [0.15, 0.2) is 23.1 Å². The largest absolute Gasteiger partial charge is 0.488 e. The molecular formula is C36H53NO6S. The molecule has 4 saturated carbocycles. The van der Waals surface area contributed by atoms with Gasteiger partial charge in [0.2, 0.25) is 0 Å². The second-order valence-corrected chi connectivity index (χ2v) is 17.9. The number of ketones is 1. The van der Waals surface area contributed by atoms with Gasteiger partial charge in [0.1, 0.15) is 17.1 Å². The fourth-order valence-corrected chi connectivity index (χ4v) is 12.0. The van der Waals surface area contributed by atoms with Gasteiger partial charge in [-0.2, -0.15) is 0 Å². The summed E-state index contributed by atoms with van der Waals surface area (Å²) < 4.78 is 39.8. The monoisotopic (exact) mass is 627 g/mol. The number of Topliss-reactive ketones (excluding diaryl/α,β-unsaturated/α-hetero) is 1. The summed E-state index contributed by atoms with van der Waals surface area (Å²) >= 11 is 0. The molecule has 5 aliphatic rings. The zero-order valence-corrected chi connectivity index (χ0v) is 28.4. The van der Waals surface area contributed by atoms with Crippen molar-refractivity contribution < 1.29 is 27.5 Å². The van der Waals surface area contributed by atoms with Crippen LogP contribution >= 0.6 is 0 Å². The summed E-state index contributed by atoms with van der Waals surface area (Å²) in [5.74, 6) is 4.96. The molecule has 9 atom stereocenters. The molecule has 1 unspecified atom stereocenters. The van der Waals surface area contributed by atoms with E-state index in [0.29, 0.717) is 47.0 Å². The summed E-state index contributed by atoms with van der Waals surface area (Å²) in [6.07, 6.45) is 10.3. The SMILES string of the molecule is CC[C@H]1C[C@@H]2[C@H](CC[C@]3(C)C([C@H](C)COC(=O)NS(=O)(=O)c4ccc5c(c4)CCC(C)(C)O5)CC[C@@H]23)[C@@]2(C)CCC(=O)C[C@@H]12. The van der Waals surface area contributed by atoms with E-state index in [-0.39, 0.29) is 33.9 Å². The van der Waals surface area contributed by atoms with E-state index in [1.54, 1.807) is 12.1 Å². The molecule has 244 valence electrons.